The van der Waals surface area contributed by atoms with E-state index in [1.165, 1.54) is 44.9 Å². The van der Waals surface area contributed by atoms with Gasteiger partial charge in [-0.1, -0.05) is 39.0 Å². The van der Waals surface area contributed by atoms with Crippen molar-refractivity contribution < 1.29 is 9.68 Å². The minimum atomic E-state index is -0.136. The summed E-state index contributed by atoms with van der Waals surface area (Å²) in [4.78, 5) is 33.5. The number of rotatable bonds is 16. The monoisotopic (exact) mass is 882 g/mol. The molecule has 1 aromatic heterocycles. The molecule has 0 aromatic carbocycles. The average Bonchev–Trinajstić information content (AvgIpc) is 3.09. The molecular formula is C52H99N9O2. The Morgan fingerprint density at radius 3 is 1.19 bits per heavy atom. The lowest BCUT2D eigenvalue weighted by atomic mass is 9.69. The van der Waals surface area contributed by atoms with E-state index in [-0.39, 0.29) is 50.2 Å². The molecule has 4 fully saturated rings. The van der Waals surface area contributed by atoms with Gasteiger partial charge in [0.25, 0.3) is 0 Å². The van der Waals surface area contributed by atoms with Crippen LogP contribution in [0.5, 0.6) is 0 Å². The summed E-state index contributed by atoms with van der Waals surface area (Å²) in [5, 5.41) is 12.3. The topological polar surface area (TPSA) is 94.2 Å². The summed E-state index contributed by atoms with van der Waals surface area (Å²) >= 11 is 0. The van der Waals surface area contributed by atoms with Crippen molar-refractivity contribution >= 4 is 11.9 Å². The Labute approximate surface area is 387 Å². The SMILES string of the molecule is CON1C(C)(C)CC(C(C)CCCCCCC(c2nc(N(C)C3CC(C)(C)NC(C)(C)C3)nc(N(C)C3CC(C)(C)NC(C)(C)C3)n2)C2CC(C)(C)N(OC)C(C)(C)C2)CC1(C)C. The summed E-state index contributed by atoms with van der Waals surface area (Å²) in [6, 6.07) is 0.601. The number of anilines is 2. The smallest absolute Gasteiger partial charge is 0.230 e. The molecule has 0 spiro atoms. The quantitative estimate of drug-likeness (QED) is 0.155. The van der Waals surface area contributed by atoms with Gasteiger partial charge in [-0.25, -0.2) is 0 Å². The molecule has 0 radical (unpaired) electrons. The van der Waals surface area contributed by atoms with E-state index in [4.69, 9.17) is 24.6 Å². The normalized spacial score (nSPS) is 27.2. The Morgan fingerprint density at radius 1 is 0.508 bits per heavy atom. The van der Waals surface area contributed by atoms with Gasteiger partial charge in [0, 0.05) is 76.4 Å². The van der Waals surface area contributed by atoms with E-state index in [1.54, 1.807) is 0 Å². The molecule has 4 saturated heterocycles. The summed E-state index contributed by atoms with van der Waals surface area (Å²) in [5.74, 6) is 4.65. The molecule has 5 rings (SSSR count). The largest absolute Gasteiger partial charge is 0.341 e. The van der Waals surface area contributed by atoms with Crippen LogP contribution < -0.4 is 20.4 Å². The summed E-state index contributed by atoms with van der Waals surface area (Å²) in [7, 11) is 8.16. The molecule has 4 aliphatic rings. The molecule has 63 heavy (non-hydrogen) atoms. The number of hydrogen-bond acceptors (Lipinski definition) is 11. The highest BCUT2D eigenvalue weighted by Gasteiger charge is 2.50. The highest BCUT2D eigenvalue weighted by atomic mass is 16.7. The lowest BCUT2D eigenvalue weighted by Gasteiger charge is -2.54. The fourth-order valence-electron chi connectivity index (χ4n) is 14.6. The first-order valence-electron chi connectivity index (χ1n) is 25.2. The molecule has 2 unspecified atom stereocenters. The van der Waals surface area contributed by atoms with E-state index in [1.807, 2.05) is 14.2 Å². The number of hydroxylamine groups is 4. The highest BCUT2D eigenvalue weighted by molar-refractivity contribution is 5.41. The van der Waals surface area contributed by atoms with E-state index in [2.05, 4.69) is 162 Å². The first-order chi connectivity index (χ1) is 28.7. The zero-order valence-corrected chi connectivity index (χ0v) is 44.8. The number of nitrogens with one attached hydrogen (secondary N) is 2. The van der Waals surface area contributed by atoms with E-state index < -0.39 is 0 Å². The van der Waals surface area contributed by atoms with Gasteiger partial charge < -0.3 is 30.1 Å². The van der Waals surface area contributed by atoms with Crippen LogP contribution >= 0.6 is 0 Å². The van der Waals surface area contributed by atoms with Gasteiger partial charge >= 0.3 is 0 Å². The fraction of sp³-hybridized carbons (Fsp3) is 0.942. The third kappa shape index (κ3) is 12.7. The zero-order chi connectivity index (χ0) is 47.4. The Balaban J connectivity index is 1.45. The van der Waals surface area contributed by atoms with Crippen molar-refractivity contribution in [2.24, 2.45) is 17.8 Å². The Bertz CT molecular complexity index is 1540. The first kappa shape index (κ1) is 52.3. The predicted octanol–water partition coefficient (Wildman–Crippen LogP) is 11.1. The highest BCUT2D eigenvalue weighted by Crippen LogP contribution is 2.49. The van der Waals surface area contributed by atoms with Gasteiger partial charge in [0.2, 0.25) is 11.9 Å². The van der Waals surface area contributed by atoms with Gasteiger partial charge in [-0.3, -0.25) is 0 Å². The maximum Gasteiger partial charge on any atom is 0.230 e. The molecule has 0 aliphatic carbocycles. The van der Waals surface area contributed by atoms with Crippen molar-refractivity contribution in [3.63, 3.8) is 0 Å². The molecule has 2 N–H and O–H groups in total. The molecule has 364 valence electrons. The Hall–Kier alpha value is -1.63. The maximum absolute atomic E-state index is 6.14. The van der Waals surface area contributed by atoms with Crippen molar-refractivity contribution in [1.82, 2.24) is 35.7 Å². The van der Waals surface area contributed by atoms with Crippen LogP contribution in [0.25, 0.3) is 0 Å². The second-order valence-corrected chi connectivity index (χ2v) is 26.5. The van der Waals surface area contributed by atoms with Crippen molar-refractivity contribution in [2.75, 3.05) is 38.1 Å². The van der Waals surface area contributed by atoms with Crippen molar-refractivity contribution in [3.05, 3.63) is 5.82 Å². The number of piperidine rings is 4. The van der Waals surface area contributed by atoms with Gasteiger partial charge in [0.15, 0.2) is 0 Å². The summed E-state index contributed by atoms with van der Waals surface area (Å²) < 4.78 is 0. The number of nitrogens with zero attached hydrogens (tertiary/aromatic N) is 7. The molecule has 1 aromatic rings. The Kier molecular flexibility index (Phi) is 15.6. The van der Waals surface area contributed by atoms with E-state index in [0.29, 0.717) is 29.8 Å². The third-order valence-electron chi connectivity index (χ3n) is 15.9. The lowest BCUT2D eigenvalue weighted by Crippen LogP contribution is -2.62. The number of unbranched alkanes of at least 4 members (excludes halogenated alkanes) is 3. The van der Waals surface area contributed by atoms with Gasteiger partial charge in [0.05, 0.1) is 14.2 Å². The van der Waals surface area contributed by atoms with E-state index in [9.17, 15) is 0 Å². The van der Waals surface area contributed by atoms with Gasteiger partial charge in [-0.05, 0) is 186 Å². The van der Waals surface area contributed by atoms with Gasteiger partial charge in [0.1, 0.15) is 5.82 Å². The zero-order valence-electron chi connectivity index (χ0n) is 44.8. The summed E-state index contributed by atoms with van der Waals surface area (Å²) in [5.41, 5.74) is -0.187. The van der Waals surface area contributed by atoms with Crippen LogP contribution in [0, 0.1) is 17.8 Å². The van der Waals surface area contributed by atoms with Crippen LogP contribution in [0.15, 0.2) is 0 Å². The molecule has 2 atom stereocenters. The standard InChI is InChI=1S/C52H99N9O2/c1-36(37-28-49(10,11)60(62-20)50(12,13)29-37)26-24-22-23-25-27-41(38-30-51(14,15)61(63-21)52(16,17)31-38)42-53-43(58(18)39-32-45(2,3)56-46(4,5)33-39)55-44(54-42)59(19)40-34-47(6,7)57-48(8,9)35-40/h36-41,56-57H,22-35H2,1-21H3. The number of hydrogen-bond donors (Lipinski definition) is 2. The number of aromatic nitrogens is 3. The fourth-order valence-corrected chi connectivity index (χ4v) is 14.6. The first-order valence-corrected chi connectivity index (χ1v) is 25.2. The summed E-state index contributed by atoms with van der Waals surface area (Å²) in [6.07, 6.45) is 15.8. The second-order valence-electron chi connectivity index (χ2n) is 26.5. The van der Waals surface area contributed by atoms with Gasteiger partial charge in [-0.2, -0.15) is 25.1 Å². The predicted molar refractivity (Wildman–Crippen MR) is 264 cm³/mol. The van der Waals surface area contributed by atoms with Crippen LogP contribution in [-0.4, -0.2) is 110 Å². The average molecular weight is 882 g/mol. The molecule has 0 bridgehead atoms. The van der Waals surface area contributed by atoms with E-state index >= 15 is 0 Å². The maximum atomic E-state index is 6.14. The van der Waals surface area contributed by atoms with Crippen molar-refractivity contribution in [2.45, 2.75) is 270 Å². The minimum Gasteiger partial charge on any atom is -0.341 e. The molecule has 11 heteroatoms. The van der Waals surface area contributed by atoms with Crippen LogP contribution in [0.4, 0.5) is 11.9 Å². The Morgan fingerprint density at radius 2 is 0.841 bits per heavy atom. The molecule has 0 amide bonds. The van der Waals surface area contributed by atoms with Crippen molar-refractivity contribution in [1.29, 1.82) is 0 Å². The molecular weight excluding hydrogens is 783 g/mol. The van der Waals surface area contributed by atoms with E-state index in [0.717, 1.165) is 62.7 Å². The van der Waals surface area contributed by atoms with Crippen LogP contribution in [0.3, 0.4) is 0 Å². The second kappa shape index (κ2) is 18.8. The van der Waals surface area contributed by atoms with Crippen LogP contribution in [0.1, 0.15) is 219 Å². The van der Waals surface area contributed by atoms with Crippen LogP contribution in [0.2, 0.25) is 0 Å². The molecule has 11 nitrogen and oxygen atoms in total. The third-order valence-corrected chi connectivity index (χ3v) is 15.9. The summed E-state index contributed by atoms with van der Waals surface area (Å²) in [6.45, 7) is 40.1. The van der Waals surface area contributed by atoms with Crippen LogP contribution in [-0.2, 0) is 9.68 Å². The lowest BCUT2D eigenvalue weighted by molar-refractivity contribution is -0.274. The van der Waals surface area contributed by atoms with Crippen molar-refractivity contribution in [3.8, 4) is 0 Å². The molecule has 4 aliphatic heterocycles. The molecule has 5 heterocycles. The molecule has 0 saturated carbocycles. The minimum absolute atomic E-state index is 0.00401. The van der Waals surface area contributed by atoms with Gasteiger partial charge in [-0.15, -0.1) is 0 Å².